The Morgan fingerprint density at radius 2 is 1.56 bits per heavy atom. The maximum Gasteiger partial charge on any atom is 0.410 e. The molecule has 2 aromatic carbocycles. The van der Waals surface area contributed by atoms with E-state index in [1.165, 1.54) is 23.1 Å². The van der Waals surface area contributed by atoms with Crippen LogP contribution in [0.2, 0.25) is 0 Å². The number of hydrogen-bond acceptors (Lipinski definition) is 13. The van der Waals surface area contributed by atoms with Crippen molar-refractivity contribution in [3.8, 4) is 22.6 Å². The molecule has 5 aromatic rings. The van der Waals surface area contributed by atoms with E-state index in [0.717, 1.165) is 28.3 Å². The Balaban J connectivity index is 1.09. The average molecular weight is 1010 g/mol. The van der Waals surface area contributed by atoms with Crippen LogP contribution >= 0.6 is 0 Å². The first kappa shape index (κ1) is 54.6. The molecule has 3 atom stereocenters. The molecule has 0 aliphatic carbocycles. The Bertz CT molecular complexity index is 2700. The van der Waals surface area contributed by atoms with Crippen LogP contribution < -0.4 is 27.0 Å². The number of anilines is 1. The van der Waals surface area contributed by atoms with Crippen LogP contribution in [0, 0.1) is 24.5 Å². The lowest BCUT2D eigenvalue weighted by Crippen LogP contribution is -2.54. The van der Waals surface area contributed by atoms with Gasteiger partial charge in [0, 0.05) is 66.6 Å². The van der Waals surface area contributed by atoms with E-state index in [2.05, 4.69) is 36.2 Å². The molecule has 8 N–H and O–H groups in total. The Morgan fingerprint density at radius 1 is 0.863 bits per heavy atom. The molecule has 3 unspecified atom stereocenters. The summed E-state index contributed by atoms with van der Waals surface area (Å²) in [6, 6.07) is 17.1. The van der Waals surface area contributed by atoms with Gasteiger partial charge in [-0.3, -0.25) is 49.9 Å². The number of ether oxygens (including phenoxy) is 1. The second-order valence-electron chi connectivity index (χ2n) is 17.8. The van der Waals surface area contributed by atoms with Crippen molar-refractivity contribution in [3.05, 3.63) is 132 Å². The minimum atomic E-state index is -1.29. The van der Waals surface area contributed by atoms with E-state index < -0.39 is 48.0 Å². The molecule has 3 aromatic heterocycles. The van der Waals surface area contributed by atoms with Gasteiger partial charge < -0.3 is 35.7 Å². The topological polar surface area (TPSA) is 267 Å². The number of aromatic nitrogens is 4. The highest BCUT2D eigenvalue weighted by molar-refractivity contribution is 6.12. The molecular formula is C52H61F2N11O8. The fraction of sp³-hybridized carbons (Fsp3) is 0.365. The molecule has 4 heterocycles. The van der Waals surface area contributed by atoms with E-state index in [1.54, 1.807) is 62.6 Å². The average Bonchev–Trinajstić information content (AvgIpc) is 3.94. The van der Waals surface area contributed by atoms with Gasteiger partial charge in [0.05, 0.1) is 23.6 Å². The van der Waals surface area contributed by atoms with Gasteiger partial charge >= 0.3 is 6.09 Å². The molecule has 0 bridgehead atoms. The smallest absolute Gasteiger partial charge is 0.410 e. The zero-order valence-electron chi connectivity index (χ0n) is 40.9. The van der Waals surface area contributed by atoms with Gasteiger partial charge in [0.1, 0.15) is 36.1 Å². The van der Waals surface area contributed by atoms with E-state index in [-0.39, 0.29) is 81.3 Å². The third kappa shape index (κ3) is 16.1. The zero-order chi connectivity index (χ0) is 52.4. The highest BCUT2D eigenvalue weighted by Crippen LogP contribution is 2.30. The van der Waals surface area contributed by atoms with Crippen LogP contribution in [0.15, 0.2) is 97.3 Å². The molecule has 0 fully saturated rings. The summed E-state index contributed by atoms with van der Waals surface area (Å²) >= 11 is 0. The Hall–Kier alpha value is -7.75. The quantitative estimate of drug-likeness (QED) is 0.0215. The molecule has 6 amide bonds. The normalized spacial score (nSPS) is 13.5. The maximum absolute atomic E-state index is 14.8. The predicted octanol–water partition coefficient (Wildman–Crippen LogP) is 5.16. The van der Waals surface area contributed by atoms with E-state index in [9.17, 15) is 42.7 Å². The number of hydrogen-bond donors (Lipinski definition) is 7. The Labute approximate surface area is 421 Å². The van der Waals surface area contributed by atoms with Crippen LogP contribution in [0.3, 0.4) is 0 Å². The molecule has 6 rings (SSSR count). The molecule has 73 heavy (non-hydrogen) atoms. The first-order chi connectivity index (χ1) is 35.1. The summed E-state index contributed by atoms with van der Waals surface area (Å²) in [6.07, 6.45) is 5.56. The lowest BCUT2D eigenvalue weighted by molar-refractivity contribution is -0.137. The fourth-order valence-electron chi connectivity index (χ4n) is 7.92. The number of rotatable bonds is 26. The highest BCUT2D eigenvalue weighted by atomic mass is 19.1. The predicted molar refractivity (Wildman–Crippen MR) is 266 cm³/mol. The molecule has 386 valence electrons. The lowest BCUT2D eigenvalue weighted by Gasteiger charge is -2.25. The van der Waals surface area contributed by atoms with Gasteiger partial charge in [0.25, 0.3) is 11.8 Å². The standard InChI is InChI=1S/C52H61F2N11O8/c1-32(2)46(63-43(66)15-5-4-6-28-65-44(67)20-21-45(65)68)50(70)60-41(14-9-25-57-51(55)71)49(69)59-36-18-16-34(17-19-36)31-73-52(72)64(29-24-37-38(53)11-8-12-39(37)54)30-42-61-47(35-22-26-56-27-23-35)48(62-42)40-13-7-10-33(3)58-40/h7-8,10-13,16-23,26-27,32,41,46,51,57,71H,4-6,9,14-15,24-25,28-31,55H2,1-3H3,(H,59,69)(H,60,70)(H,61,62)(H,63,66). The highest BCUT2D eigenvalue weighted by Gasteiger charge is 2.30. The number of benzene rings is 2. The lowest BCUT2D eigenvalue weighted by atomic mass is 10.0. The van der Waals surface area contributed by atoms with Crippen LogP contribution in [-0.4, -0.2) is 109 Å². The molecule has 0 saturated carbocycles. The maximum atomic E-state index is 14.8. The summed E-state index contributed by atoms with van der Waals surface area (Å²) in [5, 5.41) is 20.5. The number of unbranched alkanes of at least 4 members (excludes halogenated alkanes) is 2. The van der Waals surface area contributed by atoms with Crippen molar-refractivity contribution in [2.75, 3.05) is 25.0 Å². The molecule has 0 spiro atoms. The van der Waals surface area contributed by atoms with Gasteiger partial charge in [-0.25, -0.2) is 18.6 Å². The summed E-state index contributed by atoms with van der Waals surface area (Å²) in [7, 11) is 0. The monoisotopic (exact) mass is 1010 g/mol. The first-order valence-corrected chi connectivity index (χ1v) is 24.0. The largest absolute Gasteiger partial charge is 0.445 e. The number of carbonyl (C=O) groups excluding carboxylic acids is 6. The first-order valence-electron chi connectivity index (χ1n) is 24.0. The van der Waals surface area contributed by atoms with E-state index in [0.29, 0.717) is 59.8 Å². The number of aliphatic hydroxyl groups excluding tert-OH is 1. The third-order valence-electron chi connectivity index (χ3n) is 11.8. The van der Waals surface area contributed by atoms with Crippen LogP contribution in [-0.2, 0) is 48.3 Å². The molecule has 1 aliphatic heterocycles. The van der Waals surface area contributed by atoms with Gasteiger partial charge in [-0.05, 0) is 106 Å². The van der Waals surface area contributed by atoms with Gasteiger partial charge in [-0.15, -0.1) is 0 Å². The van der Waals surface area contributed by atoms with Crippen molar-refractivity contribution in [1.82, 2.24) is 45.7 Å². The number of nitrogens with one attached hydrogen (secondary N) is 5. The van der Waals surface area contributed by atoms with E-state index >= 15 is 0 Å². The number of nitrogens with zero attached hydrogens (tertiary/aromatic N) is 5. The number of aryl methyl sites for hydroxylation is 1. The number of amides is 6. The molecule has 1 aliphatic rings. The summed E-state index contributed by atoms with van der Waals surface area (Å²) in [5.41, 5.74) is 9.40. The van der Waals surface area contributed by atoms with E-state index in [1.807, 2.05) is 25.1 Å². The number of carbonyl (C=O) groups is 6. The minimum Gasteiger partial charge on any atom is -0.445 e. The molecular weight excluding hydrogens is 945 g/mol. The summed E-state index contributed by atoms with van der Waals surface area (Å²) in [6.45, 7) is 5.38. The van der Waals surface area contributed by atoms with Crippen LogP contribution in [0.1, 0.15) is 75.0 Å². The second-order valence-corrected chi connectivity index (χ2v) is 17.8. The van der Waals surface area contributed by atoms with Gasteiger partial charge in [0.2, 0.25) is 17.7 Å². The number of nitrogens with two attached hydrogens (primary N) is 1. The van der Waals surface area contributed by atoms with E-state index in [4.69, 9.17) is 15.5 Å². The molecule has 0 saturated heterocycles. The van der Waals surface area contributed by atoms with Crippen LogP contribution in [0.25, 0.3) is 22.6 Å². The fourth-order valence-corrected chi connectivity index (χ4v) is 7.92. The van der Waals surface area contributed by atoms with Crippen molar-refractivity contribution in [1.29, 1.82) is 0 Å². The summed E-state index contributed by atoms with van der Waals surface area (Å²) in [5.74, 6) is -3.74. The number of imidazole rings is 1. The van der Waals surface area contributed by atoms with Crippen molar-refractivity contribution in [3.63, 3.8) is 0 Å². The van der Waals surface area contributed by atoms with Crippen LogP contribution in [0.4, 0.5) is 19.3 Å². The van der Waals surface area contributed by atoms with Gasteiger partial charge in [-0.2, -0.15) is 0 Å². The Morgan fingerprint density at radius 3 is 2.23 bits per heavy atom. The molecule has 0 radical (unpaired) electrons. The summed E-state index contributed by atoms with van der Waals surface area (Å²) in [4.78, 5) is 97.2. The zero-order valence-corrected chi connectivity index (χ0v) is 40.9. The minimum absolute atomic E-state index is 0.102. The number of pyridine rings is 2. The van der Waals surface area contributed by atoms with Gasteiger partial charge in [0.15, 0.2) is 6.35 Å². The number of aromatic amines is 1. The van der Waals surface area contributed by atoms with Crippen molar-refractivity contribution in [2.24, 2.45) is 11.7 Å². The molecule has 19 nitrogen and oxygen atoms in total. The van der Waals surface area contributed by atoms with Gasteiger partial charge in [-0.1, -0.05) is 44.5 Å². The Kier molecular flexibility index (Phi) is 19.9. The van der Waals surface area contributed by atoms with Crippen molar-refractivity contribution >= 4 is 41.3 Å². The number of aliphatic hydroxyl groups is 1. The summed E-state index contributed by atoms with van der Waals surface area (Å²) < 4.78 is 35.3. The molecule has 21 heteroatoms. The number of H-pyrrole nitrogens is 1. The SMILES string of the molecule is Cc1cccc(-c2[nH]c(CN(CCc3c(F)cccc3F)C(=O)OCc3ccc(NC(=O)C(CCCNC(N)O)NC(=O)C(NC(=O)CCCCCN4C(=O)C=CC4=O)C(C)C)cc3)nc2-c2ccncc2)n1. The number of imide groups is 1. The number of halogens is 2. The van der Waals surface area contributed by atoms with Crippen molar-refractivity contribution in [2.45, 2.75) is 97.3 Å². The second kappa shape index (κ2) is 26.6. The van der Waals surface area contributed by atoms with Crippen molar-refractivity contribution < 1.29 is 47.4 Å². The van der Waals surface area contributed by atoms with Crippen LogP contribution in [0.5, 0.6) is 0 Å². The third-order valence-corrected chi connectivity index (χ3v) is 11.8.